The van der Waals surface area contributed by atoms with Gasteiger partial charge in [0.1, 0.15) is 5.56 Å². The molecule has 0 spiro atoms. The fraction of sp³-hybridized carbons (Fsp3) is 0.478. The Morgan fingerprint density at radius 3 is 2.27 bits per heavy atom. The zero-order chi connectivity index (χ0) is 25.2. The molecule has 1 aromatic heterocycles. The molecule has 1 heterocycles. The molecule has 2 rings (SSSR count). The van der Waals surface area contributed by atoms with Crippen molar-refractivity contribution in [1.82, 2.24) is 9.78 Å². The maximum Gasteiger partial charge on any atom is 0.313 e. The lowest BCUT2D eigenvalue weighted by molar-refractivity contribution is -0.385. The van der Waals surface area contributed by atoms with Crippen LogP contribution in [0.25, 0.3) is 5.57 Å². The van der Waals surface area contributed by atoms with Gasteiger partial charge in [0, 0.05) is 18.2 Å². The van der Waals surface area contributed by atoms with Crippen molar-refractivity contribution in [3.05, 3.63) is 55.8 Å². The molecule has 1 aromatic carbocycles. The number of benzene rings is 1. The molecule has 0 aliphatic heterocycles. The maximum atomic E-state index is 13.7. The third-order valence-corrected chi connectivity index (χ3v) is 7.59. The molecular weight excluding hydrogens is 446 g/mol. The van der Waals surface area contributed by atoms with E-state index in [1.54, 1.807) is 34.6 Å². The SMILES string of the molecule is CCC(C)S(=O)(=O)Oc1c(C(=O)c2ccc([N+](=O)[O-])c(C(C)=C(C)C)c2C)c(C)nn1CC. The number of carbonyl (C=O) groups excluding carboxylic acids is 1. The Labute approximate surface area is 194 Å². The summed E-state index contributed by atoms with van der Waals surface area (Å²) in [5, 5.41) is 15.2. The van der Waals surface area contributed by atoms with E-state index in [0.29, 0.717) is 35.4 Å². The summed E-state index contributed by atoms with van der Waals surface area (Å²) >= 11 is 0. The van der Waals surface area contributed by atoms with Gasteiger partial charge in [0.15, 0.2) is 0 Å². The fourth-order valence-electron chi connectivity index (χ4n) is 3.47. The second-order valence-electron chi connectivity index (χ2n) is 8.22. The fourth-order valence-corrected chi connectivity index (χ4v) is 4.43. The molecule has 10 heteroatoms. The van der Waals surface area contributed by atoms with Crippen molar-refractivity contribution in [2.24, 2.45) is 0 Å². The zero-order valence-electron chi connectivity index (χ0n) is 20.3. The van der Waals surface area contributed by atoms with Crippen molar-refractivity contribution in [2.75, 3.05) is 0 Å². The molecule has 0 amide bonds. The molecule has 0 aliphatic rings. The van der Waals surface area contributed by atoms with E-state index in [1.807, 2.05) is 13.8 Å². The minimum Gasteiger partial charge on any atom is -0.361 e. The number of hydrogen-bond donors (Lipinski definition) is 0. The van der Waals surface area contributed by atoms with Gasteiger partial charge in [0.25, 0.3) is 5.69 Å². The number of aryl methyl sites for hydroxylation is 2. The van der Waals surface area contributed by atoms with Crippen LogP contribution in [0.5, 0.6) is 5.88 Å². The van der Waals surface area contributed by atoms with E-state index in [0.717, 1.165) is 5.57 Å². The van der Waals surface area contributed by atoms with Gasteiger partial charge < -0.3 is 4.18 Å². The normalized spacial score (nSPS) is 12.4. The number of aromatic nitrogens is 2. The first-order valence-corrected chi connectivity index (χ1v) is 12.2. The first-order valence-electron chi connectivity index (χ1n) is 10.8. The van der Waals surface area contributed by atoms with E-state index in [-0.39, 0.29) is 22.7 Å². The number of ketones is 1. The summed E-state index contributed by atoms with van der Waals surface area (Å²) in [6.07, 6.45) is 0.345. The van der Waals surface area contributed by atoms with Crippen LogP contribution in [0.15, 0.2) is 17.7 Å². The van der Waals surface area contributed by atoms with Crippen LogP contribution in [0.1, 0.15) is 80.7 Å². The highest BCUT2D eigenvalue weighted by Crippen LogP contribution is 2.35. The monoisotopic (exact) mass is 477 g/mol. The molecule has 0 radical (unpaired) electrons. The van der Waals surface area contributed by atoms with Gasteiger partial charge in [-0.1, -0.05) is 12.5 Å². The van der Waals surface area contributed by atoms with E-state index >= 15 is 0 Å². The predicted molar refractivity (Wildman–Crippen MR) is 127 cm³/mol. The van der Waals surface area contributed by atoms with Crippen LogP contribution < -0.4 is 4.18 Å². The standard InChI is InChI=1S/C23H31N3O6S/c1-9-14(5)33(30,31)32-23-21(17(8)24-25(23)10-2)22(27)18-11-12-19(26(28)29)20(16(18)7)15(6)13(3)4/h11-12,14H,9-10H2,1-8H3. The third kappa shape index (κ3) is 5.00. The Balaban J connectivity index is 2.78. The summed E-state index contributed by atoms with van der Waals surface area (Å²) in [5.74, 6) is -0.643. The molecule has 0 saturated carbocycles. The zero-order valence-corrected chi connectivity index (χ0v) is 21.2. The molecule has 33 heavy (non-hydrogen) atoms. The minimum atomic E-state index is -3.99. The van der Waals surface area contributed by atoms with Crippen molar-refractivity contribution in [3.8, 4) is 5.88 Å². The van der Waals surface area contributed by atoms with Crippen LogP contribution >= 0.6 is 0 Å². The Morgan fingerprint density at radius 1 is 1.18 bits per heavy atom. The molecule has 0 saturated heterocycles. The number of hydrogen-bond acceptors (Lipinski definition) is 7. The maximum absolute atomic E-state index is 13.7. The summed E-state index contributed by atoms with van der Waals surface area (Å²) < 4.78 is 32.1. The molecule has 180 valence electrons. The van der Waals surface area contributed by atoms with Crippen LogP contribution in [0.3, 0.4) is 0 Å². The Bertz CT molecular complexity index is 1240. The van der Waals surface area contributed by atoms with Gasteiger partial charge in [0.2, 0.25) is 11.7 Å². The van der Waals surface area contributed by atoms with E-state index < -0.39 is 26.1 Å². The Hall–Kier alpha value is -3.01. The van der Waals surface area contributed by atoms with E-state index in [1.165, 1.54) is 23.7 Å². The topological polar surface area (TPSA) is 121 Å². The van der Waals surface area contributed by atoms with Crippen LogP contribution in [0, 0.1) is 24.0 Å². The van der Waals surface area contributed by atoms with E-state index in [2.05, 4.69) is 5.10 Å². The highest BCUT2D eigenvalue weighted by Gasteiger charge is 2.32. The molecule has 0 fully saturated rings. The first kappa shape index (κ1) is 26.2. The van der Waals surface area contributed by atoms with Crippen molar-refractivity contribution in [3.63, 3.8) is 0 Å². The van der Waals surface area contributed by atoms with E-state index in [9.17, 15) is 23.3 Å². The number of rotatable bonds is 9. The van der Waals surface area contributed by atoms with E-state index in [4.69, 9.17) is 4.18 Å². The highest BCUT2D eigenvalue weighted by molar-refractivity contribution is 7.87. The van der Waals surface area contributed by atoms with Gasteiger partial charge in [0.05, 0.1) is 21.4 Å². The first-order chi connectivity index (χ1) is 15.3. The van der Waals surface area contributed by atoms with Crippen molar-refractivity contribution >= 4 is 27.2 Å². The van der Waals surface area contributed by atoms with Crippen LogP contribution in [0.4, 0.5) is 5.69 Å². The van der Waals surface area contributed by atoms with Crippen LogP contribution in [-0.2, 0) is 16.7 Å². The van der Waals surface area contributed by atoms with Crippen LogP contribution in [-0.4, -0.2) is 34.2 Å². The van der Waals surface area contributed by atoms with Crippen LogP contribution in [0.2, 0.25) is 0 Å². The van der Waals surface area contributed by atoms with Gasteiger partial charge in [-0.2, -0.15) is 13.5 Å². The highest BCUT2D eigenvalue weighted by atomic mass is 32.2. The van der Waals surface area contributed by atoms with Crippen molar-refractivity contribution in [1.29, 1.82) is 0 Å². The minimum absolute atomic E-state index is 0.0292. The molecule has 0 bridgehead atoms. The average molecular weight is 478 g/mol. The van der Waals surface area contributed by atoms with Gasteiger partial charge in [-0.25, -0.2) is 4.68 Å². The number of nitro groups is 1. The van der Waals surface area contributed by atoms with Gasteiger partial charge in [-0.15, -0.1) is 0 Å². The van der Waals surface area contributed by atoms with Gasteiger partial charge in [-0.3, -0.25) is 14.9 Å². The quantitative estimate of drug-likeness (QED) is 0.216. The molecule has 2 aromatic rings. The summed E-state index contributed by atoms with van der Waals surface area (Å²) in [6, 6.07) is 2.70. The number of nitro benzene ring substituents is 1. The second kappa shape index (κ2) is 9.86. The molecule has 9 nitrogen and oxygen atoms in total. The smallest absolute Gasteiger partial charge is 0.313 e. The van der Waals surface area contributed by atoms with Crippen molar-refractivity contribution in [2.45, 2.75) is 73.6 Å². The second-order valence-corrected chi connectivity index (χ2v) is 10.2. The van der Waals surface area contributed by atoms with Gasteiger partial charge in [-0.05, 0) is 72.1 Å². The lowest BCUT2D eigenvalue weighted by Gasteiger charge is -2.15. The molecule has 1 atom stereocenters. The average Bonchev–Trinajstić information content (AvgIpc) is 3.05. The predicted octanol–water partition coefficient (Wildman–Crippen LogP) is 4.98. The third-order valence-electron chi connectivity index (χ3n) is 5.88. The summed E-state index contributed by atoms with van der Waals surface area (Å²) in [6.45, 7) is 14.0. The largest absolute Gasteiger partial charge is 0.361 e. The number of nitrogens with zero attached hydrogens (tertiary/aromatic N) is 3. The van der Waals surface area contributed by atoms with Crippen molar-refractivity contribution < 1.29 is 22.3 Å². The molecule has 0 aliphatic carbocycles. The Kier molecular flexibility index (Phi) is 7.84. The number of carbonyl (C=O) groups is 1. The summed E-state index contributed by atoms with van der Waals surface area (Å²) in [4.78, 5) is 24.8. The van der Waals surface area contributed by atoms with Gasteiger partial charge >= 0.3 is 10.1 Å². The molecular formula is C23H31N3O6S. The lowest BCUT2D eigenvalue weighted by atomic mass is 9.90. The summed E-state index contributed by atoms with van der Waals surface area (Å²) in [7, 11) is -3.99. The lowest BCUT2D eigenvalue weighted by Crippen LogP contribution is -2.24. The summed E-state index contributed by atoms with van der Waals surface area (Å²) in [5.41, 5.74) is 2.86. The molecule has 0 N–H and O–H groups in total. The number of allylic oxidation sites excluding steroid dienone is 2. The molecule has 1 unspecified atom stereocenters. The Morgan fingerprint density at radius 2 is 1.79 bits per heavy atom.